The lowest BCUT2D eigenvalue weighted by molar-refractivity contribution is -0.0771. The summed E-state index contributed by atoms with van der Waals surface area (Å²) in [6.45, 7) is 2.78. The van der Waals surface area contributed by atoms with Crippen LogP contribution in [0.3, 0.4) is 0 Å². The Morgan fingerprint density at radius 1 is 1.16 bits per heavy atom. The van der Waals surface area contributed by atoms with Gasteiger partial charge in [0.1, 0.15) is 5.60 Å². The lowest BCUT2D eigenvalue weighted by Crippen LogP contribution is -2.43. The number of rotatable bonds is 2. The van der Waals surface area contributed by atoms with Gasteiger partial charge in [-0.2, -0.15) is 0 Å². The largest absolute Gasteiger partial charge is 0.369 e. The molecular formula is C18H22ClNO3S2. The lowest BCUT2D eigenvalue weighted by Gasteiger charge is -2.40. The molecule has 136 valence electrons. The molecule has 1 fully saturated rings. The van der Waals surface area contributed by atoms with E-state index >= 15 is 0 Å². The number of halogens is 1. The first-order chi connectivity index (χ1) is 11.5. The van der Waals surface area contributed by atoms with Crippen molar-refractivity contribution >= 4 is 33.6 Å². The maximum Gasteiger partial charge on any atom is 0.175 e. The molecule has 0 unspecified atom stereocenters. The number of nitrogens with one attached hydrogen (secondary N) is 1. The zero-order valence-corrected chi connectivity index (χ0v) is 16.5. The molecule has 4 rings (SSSR count). The topological polar surface area (TPSA) is 55.4 Å². The molecule has 0 atom stereocenters. The summed E-state index contributed by atoms with van der Waals surface area (Å²) in [6.07, 6.45) is 4.24. The van der Waals surface area contributed by atoms with Gasteiger partial charge in [0, 0.05) is 16.0 Å². The van der Waals surface area contributed by atoms with Crippen LogP contribution in [-0.4, -0.2) is 34.4 Å². The molecule has 7 heteroatoms. The van der Waals surface area contributed by atoms with Gasteiger partial charge in [-0.25, -0.2) is 8.42 Å². The molecule has 2 aliphatic rings. The summed E-state index contributed by atoms with van der Waals surface area (Å²) < 4.78 is 29.5. The number of benzene rings is 1. The number of hydrogen-bond donors (Lipinski definition) is 1. The van der Waals surface area contributed by atoms with Crippen LogP contribution in [0.4, 0.5) is 0 Å². The van der Waals surface area contributed by atoms with Crippen molar-refractivity contribution < 1.29 is 13.2 Å². The number of thiophene rings is 1. The van der Waals surface area contributed by atoms with Crippen molar-refractivity contribution in [1.82, 2.24) is 5.32 Å². The van der Waals surface area contributed by atoms with Crippen LogP contribution < -0.4 is 5.32 Å². The highest BCUT2D eigenvalue weighted by Crippen LogP contribution is 2.46. The monoisotopic (exact) mass is 399 g/mol. The predicted molar refractivity (Wildman–Crippen MR) is 104 cm³/mol. The lowest BCUT2D eigenvalue weighted by atomic mass is 9.86. The Morgan fingerprint density at radius 3 is 2.48 bits per heavy atom. The van der Waals surface area contributed by atoms with Gasteiger partial charge in [0.25, 0.3) is 0 Å². The maximum absolute atomic E-state index is 11.6. The molecule has 1 spiro atoms. The molecule has 25 heavy (non-hydrogen) atoms. The molecule has 0 saturated carbocycles. The smallest absolute Gasteiger partial charge is 0.175 e. The van der Waals surface area contributed by atoms with Gasteiger partial charge >= 0.3 is 0 Å². The second kappa shape index (κ2) is 7.00. The summed E-state index contributed by atoms with van der Waals surface area (Å²) in [7, 11) is -3.15. The number of fused-ring (bicyclic) bond motifs is 2. The Balaban J connectivity index is 0.00000182. The maximum atomic E-state index is 11.6. The summed E-state index contributed by atoms with van der Waals surface area (Å²) in [5.41, 5.74) is 2.36. The van der Waals surface area contributed by atoms with Gasteiger partial charge < -0.3 is 10.1 Å². The molecule has 1 saturated heterocycles. The molecule has 0 radical (unpaired) electrons. The fourth-order valence-electron chi connectivity index (χ4n) is 3.63. The molecule has 3 heterocycles. The number of hydrogen-bond acceptors (Lipinski definition) is 5. The van der Waals surface area contributed by atoms with Crippen molar-refractivity contribution in [3.63, 3.8) is 0 Å². The Labute approximate surface area is 158 Å². The highest BCUT2D eigenvalue weighted by Gasteiger charge is 2.40. The average molecular weight is 400 g/mol. The van der Waals surface area contributed by atoms with Crippen molar-refractivity contribution in [2.45, 2.75) is 29.8 Å². The molecular weight excluding hydrogens is 378 g/mol. The van der Waals surface area contributed by atoms with Gasteiger partial charge in [0.15, 0.2) is 9.84 Å². The first-order valence-corrected chi connectivity index (χ1v) is 11.0. The Kier molecular flexibility index (Phi) is 5.28. The van der Waals surface area contributed by atoms with Crippen LogP contribution in [0.2, 0.25) is 0 Å². The van der Waals surface area contributed by atoms with E-state index in [1.54, 1.807) is 23.5 Å². The van der Waals surface area contributed by atoms with Crippen molar-refractivity contribution in [2.24, 2.45) is 0 Å². The Bertz CT molecular complexity index is 853. The summed E-state index contributed by atoms with van der Waals surface area (Å²) in [5.74, 6) is 0. The normalized spacial score (nSPS) is 19.2. The molecule has 1 N–H and O–H groups in total. The van der Waals surface area contributed by atoms with Crippen LogP contribution in [0.5, 0.6) is 0 Å². The third-order valence-corrected chi connectivity index (χ3v) is 7.49. The second-order valence-corrected chi connectivity index (χ2v) is 9.67. The highest BCUT2D eigenvalue weighted by molar-refractivity contribution is 7.90. The zero-order chi connectivity index (χ0) is 16.8. The molecule has 0 aliphatic carbocycles. The zero-order valence-electron chi connectivity index (χ0n) is 14.1. The Hall–Kier alpha value is -0.920. The van der Waals surface area contributed by atoms with Gasteiger partial charge in [0.2, 0.25) is 0 Å². The summed E-state index contributed by atoms with van der Waals surface area (Å²) >= 11 is 1.80. The van der Waals surface area contributed by atoms with E-state index < -0.39 is 9.84 Å². The van der Waals surface area contributed by atoms with E-state index in [1.807, 2.05) is 12.1 Å². The molecule has 0 bridgehead atoms. The third kappa shape index (κ3) is 3.51. The van der Waals surface area contributed by atoms with E-state index in [1.165, 1.54) is 21.6 Å². The highest BCUT2D eigenvalue weighted by atomic mass is 35.5. The van der Waals surface area contributed by atoms with E-state index in [0.29, 0.717) is 4.90 Å². The fraction of sp³-hybridized carbons (Fsp3) is 0.444. The number of sulfone groups is 1. The van der Waals surface area contributed by atoms with Crippen LogP contribution in [-0.2, 0) is 26.6 Å². The molecule has 2 aliphatic heterocycles. The molecule has 0 amide bonds. The summed E-state index contributed by atoms with van der Waals surface area (Å²) in [4.78, 5) is 2.94. The van der Waals surface area contributed by atoms with Gasteiger partial charge in [-0.3, -0.25) is 0 Å². The fourth-order valence-corrected chi connectivity index (χ4v) is 5.68. The van der Waals surface area contributed by atoms with Gasteiger partial charge in [-0.15, -0.1) is 23.7 Å². The first-order valence-electron chi connectivity index (χ1n) is 8.26. The second-order valence-electron chi connectivity index (χ2n) is 6.60. The van der Waals surface area contributed by atoms with Gasteiger partial charge in [-0.1, -0.05) is 12.1 Å². The first kappa shape index (κ1) is 18.9. The standard InChI is InChI=1S/C18H21NO3S2.ClH/c1-24(20,21)15-4-2-13(3-5-15)16-12-14-6-11-22-18(17(14)23-16)7-9-19-10-8-18;/h2-5,12,19H,6-11H2,1H3;1H. The molecule has 1 aromatic carbocycles. The van der Waals surface area contributed by atoms with Crippen molar-refractivity contribution in [1.29, 1.82) is 0 Å². The quantitative estimate of drug-likeness (QED) is 0.840. The van der Waals surface area contributed by atoms with Gasteiger partial charge in [-0.05, 0) is 61.7 Å². The minimum atomic E-state index is -3.15. The van der Waals surface area contributed by atoms with Crippen LogP contribution in [0, 0.1) is 0 Å². The minimum Gasteiger partial charge on any atom is -0.369 e. The van der Waals surface area contributed by atoms with Crippen molar-refractivity contribution in [3.8, 4) is 10.4 Å². The van der Waals surface area contributed by atoms with E-state index in [2.05, 4.69) is 11.4 Å². The Morgan fingerprint density at radius 2 is 1.84 bits per heavy atom. The minimum absolute atomic E-state index is 0. The van der Waals surface area contributed by atoms with Crippen molar-refractivity contribution in [2.75, 3.05) is 26.0 Å². The van der Waals surface area contributed by atoms with Crippen LogP contribution in [0.25, 0.3) is 10.4 Å². The van der Waals surface area contributed by atoms with Gasteiger partial charge in [0.05, 0.1) is 11.5 Å². The van der Waals surface area contributed by atoms with Crippen LogP contribution in [0.15, 0.2) is 35.2 Å². The SMILES string of the molecule is CS(=O)(=O)c1ccc(-c2cc3c(s2)C2(CCNCC2)OCC3)cc1.Cl. The summed E-state index contributed by atoms with van der Waals surface area (Å²) in [6, 6.07) is 9.47. The van der Waals surface area contributed by atoms with Crippen LogP contribution in [0.1, 0.15) is 23.3 Å². The van der Waals surface area contributed by atoms with E-state index in [-0.39, 0.29) is 18.0 Å². The van der Waals surface area contributed by atoms with E-state index in [9.17, 15) is 8.42 Å². The number of ether oxygens (including phenoxy) is 1. The number of piperidine rings is 1. The van der Waals surface area contributed by atoms with E-state index in [0.717, 1.165) is 44.5 Å². The van der Waals surface area contributed by atoms with Crippen LogP contribution >= 0.6 is 23.7 Å². The third-order valence-electron chi connectivity index (χ3n) is 4.95. The average Bonchev–Trinajstić information content (AvgIpc) is 3.01. The molecule has 4 nitrogen and oxygen atoms in total. The molecule has 2 aromatic rings. The van der Waals surface area contributed by atoms with Crippen molar-refractivity contribution in [3.05, 3.63) is 40.8 Å². The van der Waals surface area contributed by atoms with E-state index in [4.69, 9.17) is 4.74 Å². The molecule has 1 aromatic heterocycles. The summed E-state index contributed by atoms with van der Waals surface area (Å²) in [5, 5.41) is 3.41. The predicted octanol–water partition coefficient (Wildman–Crippen LogP) is 3.39.